The summed E-state index contributed by atoms with van der Waals surface area (Å²) in [5, 5.41) is 12.6. The summed E-state index contributed by atoms with van der Waals surface area (Å²) < 4.78 is 26.6. The highest BCUT2D eigenvalue weighted by molar-refractivity contribution is 7.99. The molecule has 2 N–H and O–H groups in total. The first kappa shape index (κ1) is 17.3. The van der Waals surface area contributed by atoms with Gasteiger partial charge >= 0.3 is 5.97 Å². The molecule has 0 aromatic carbocycles. The Morgan fingerprint density at radius 3 is 2.59 bits per heavy atom. The average molecular weight is 364 g/mol. The lowest BCUT2D eigenvalue weighted by molar-refractivity contribution is -0.138. The van der Waals surface area contributed by atoms with Gasteiger partial charge in [0.15, 0.2) is 0 Å². The minimum atomic E-state index is -3.73. The zero-order valence-corrected chi connectivity index (χ0v) is 14.3. The monoisotopic (exact) mass is 364 g/mol. The number of rotatable bonds is 5. The van der Waals surface area contributed by atoms with Crippen molar-refractivity contribution in [1.29, 1.82) is 0 Å². The molecule has 7 nitrogen and oxygen atoms in total. The standard InChI is InChI=1S/C12H16N2O5S3/c1-8(12(16)17)13-11(15)10-9(2-5-21-10)22(18,19)14-3-6-20-7-4-14/h2,5,8H,3-4,6-7H2,1H3,(H,13,15)(H,16,17)/t8-/m1/s1. The Morgan fingerprint density at radius 1 is 1.36 bits per heavy atom. The Bertz CT molecular complexity index is 664. The van der Waals surface area contributed by atoms with Gasteiger partial charge in [-0.1, -0.05) is 0 Å². The molecule has 1 aliphatic heterocycles. The van der Waals surface area contributed by atoms with Gasteiger partial charge in [-0.15, -0.1) is 11.3 Å². The van der Waals surface area contributed by atoms with E-state index in [9.17, 15) is 18.0 Å². The molecule has 2 rings (SSSR count). The van der Waals surface area contributed by atoms with Crippen molar-refractivity contribution in [3.8, 4) is 0 Å². The molecule has 0 spiro atoms. The van der Waals surface area contributed by atoms with Crippen molar-refractivity contribution in [2.45, 2.75) is 17.9 Å². The highest BCUT2D eigenvalue weighted by Gasteiger charge is 2.31. The normalized spacial score (nSPS) is 17.9. The van der Waals surface area contributed by atoms with E-state index in [1.54, 1.807) is 11.8 Å². The molecular weight excluding hydrogens is 348 g/mol. The largest absolute Gasteiger partial charge is 0.480 e. The molecule has 1 aromatic heterocycles. The molecule has 0 saturated carbocycles. The summed E-state index contributed by atoms with van der Waals surface area (Å²) in [6, 6.07) is 0.304. The summed E-state index contributed by atoms with van der Waals surface area (Å²) in [4.78, 5) is 22.9. The Kier molecular flexibility index (Phi) is 5.48. The number of nitrogens with one attached hydrogen (secondary N) is 1. The number of thioether (sulfide) groups is 1. The van der Waals surface area contributed by atoms with Crippen LogP contribution < -0.4 is 5.32 Å². The topological polar surface area (TPSA) is 104 Å². The van der Waals surface area contributed by atoms with Crippen molar-refractivity contribution >= 4 is 45.0 Å². The highest BCUT2D eigenvalue weighted by atomic mass is 32.2. The van der Waals surface area contributed by atoms with Crippen molar-refractivity contribution in [2.24, 2.45) is 0 Å². The number of sulfonamides is 1. The number of hydrogen-bond acceptors (Lipinski definition) is 6. The van der Waals surface area contributed by atoms with E-state index in [1.165, 1.54) is 22.7 Å². The Labute approximate surface area is 136 Å². The molecule has 0 bridgehead atoms. The fraction of sp³-hybridized carbons (Fsp3) is 0.500. The van der Waals surface area contributed by atoms with Crippen LogP contribution in [-0.4, -0.2) is 60.3 Å². The Hall–Kier alpha value is -1.10. The number of thiophene rings is 1. The fourth-order valence-electron chi connectivity index (χ4n) is 1.92. The maximum absolute atomic E-state index is 12.6. The Morgan fingerprint density at radius 2 is 2.00 bits per heavy atom. The molecule has 2 heterocycles. The molecule has 1 atom stereocenters. The smallest absolute Gasteiger partial charge is 0.325 e. The predicted octanol–water partition coefficient (Wildman–Crippen LogP) is 0.688. The summed E-state index contributed by atoms with van der Waals surface area (Å²) in [5.41, 5.74) is 0. The van der Waals surface area contributed by atoms with Crippen LogP contribution >= 0.6 is 23.1 Å². The van der Waals surface area contributed by atoms with Crippen molar-refractivity contribution < 1.29 is 23.1 Å². The summed E-state index contributed by atoms with van der Waals surface area (Å²) in [5.74, 6) is -0.417. The fourth-order valence-corrected chi connectivity index (χ4v) is 5.80. The number of carboxylic acids is 1. The molecule has 0 radical (unpaired) electrons. The van der Waals surface area contributed by atoms with Gasteiger partial charge in [-0.25, -0.2) is 8.42 Å². The third kappa shape index (κ3) is 3.62. The minimum Gasteiger partial charge on any atom is -0.480 e. The van der Waals surface area contributed by atoms with Gasteiger partial charge in [-0.2, -0.15) is 16.1 Å². The molecule has 1 saturated heterocycles. The second kappa shape index (κ2) is 6.99. The lowest BCUT2D eigenvalue weighted by Gasteiger charge is -2.25. The minimum absolute atomic E-state index is 0.0197. The van der Waals surface area contributed by atoms with Gasteiger partial charge in [0, 0.05) is 24.6 Å². The van der Waals surface area contributed by atoms with E-state index in [2.05, 4.69) is 5.32 Å². The molecule has 0 aliphatic carbocycles. The molecule has 0 unspecified atom stereocenters. The lowest BCUT2D eigenvalue weighted by atomic mass is 10.3. The van der Waals surface area contributed by atoms with Crippen LogP contribution in [0.25, 0.3) is 0 Å². The second-order valence-electron chi connectivity index (χ2n) is 4.66. The van der Waals surface area contributed by atoms with E-state index in [0.717, 1.165) is 22.8 Å². The first-order chi connectivity index (χ1) is 10.3. The first-order valence-corrected chi connectivity index (χ1v) is 10.0. The predicted molar refractivity (Wildman–Crippen MR) is 85.0 cm³/mol. The number of amides is 1. The van der Waals surface area contributed by atoms with Crippen LogP contribution in [0.2, 0.25) is 0 Å². The van der Waals surface area contributed by atoms with E-state index in [4.69, 9.17) is 5.11 Å². The molecule has 1 fully saturated rings. The highest BCUT2D eigenvalue weighted by Crippen LogP contribution is 2.27. The van der Waals surface area contributed by atoms with E-state index in [1.807, 2.05) is 0 Å². The van der Waals surface area contributed by atoms with Gasteiger partial charge in [-0.3, -0.25) is 9.59 Å². The van der Waals surface area contributed by atoms with Gasteiger partial charge in [-0.05, 0) is 18.4 Å². The lowest BCUT2D eigenvalue weighted by Crippen LogP contribution is -2.40. The third-order valence-electron chi connectivity index (χ3n) is 3.14. The summed E-state index contributed by atoms with van der Waals surface area (Å²) in [7, 11) is -3.73. The van der Waals surface area contributed by atoms with Gasteiger partial charge in [0.25, 0.3) is 5.91 Å². The van der Waals surface area contributed by atoms with Crippen LogP contribution in [0.15, 0.2) is 16.3 Å². The van der Waals surface area contributed by atoms with Crippen LogP contribution in [0.4, 0.5) is 0 Å². The summed E-state index contributed by atoms with van der Waals surface area (Å²) >= 11 is 2.67. The third-order valence-corrected chi connectivity index (χ3v) is 7.07. The number of aliphatic carboxylic acids is 1. The maximum atomic E-state index is 12.6. The molecule has 1 amide bonds. The number of hydrogen-bond donors (Lipinski definition) is 2. The SMILES string of the molecule is C[C@@H](NC(=O)c1sccc1S(=O)(=O)N1CCSCC1)C(=O)O. The number of carboxylic acid groups (broad SMARTS) is 1. The van der Waals surface area contributed by atoms with E-state index in [-0.39, 0.29) is 9.77 Å². The number of nitrogens with zero attached hydrogens (tertiary/aromatic N) is 1. The summed E-state index contributed by atoms with van der Waals surface area (Å²) in [6.07, 6.45) is 0. The van der Waals surface area contributed by atoms with Crippen LogP contribution in [0.3, 0.4) is 0 Å². The Balaban J connectivity index is 2.25. The van der Waals surface area contributed by atoms with E-state index >= 15 is 0 Å². The zero-order valence-electron chi connectivity index (χ0n) is 11.8. The maximum Gasteiger partial charge on any atom is 0.325 e. The molecule has 122 valence electrons. The van der Waals surface area contributed by atoms with Gasteiger partial charge in [0.1, 0.15) is 15.8 Å². The molecule has 22 heavy (non-hydrogen) atoms. The second-order valence-corrected chi connectivity index (χ2v) is 8.71. The van der Waals surface area contributed by atoms with Crippen molar-refractivity contribution in [2.75, 3.05) is 24.6 Å². The molecule has 1 aliphatic rings. The van der Waals surface area contributed by atoms with Crippen molar-refractivity contribution in [3.63, 3.8) is 0 Å². The first-order valence-electron chi connectivity index (χ1n) is 6.53. The average Bonchev–Trinajstić information content (AvgIpc) is 2.98. The molecule has 10 heteroatoms. The molecule has 1 aromatic rings. The zero-order chi connectivity index (χ0) is 16.3. The van der Waals surface area contributed by atoms with Crippen LogP contribution in [-0.2, 0) is 14.8 Å². The van der Waals surface area contributed by atoms with Crippen molar-refractivity contribution in [1.82, 2.24) is 9.62 Å². The summed E-state index contributed by atoms with van der Waals surface area (Å²) in [6.45, 7) is 2.15. The van der Waals surface area contributed by atoms with Gasteiger partial charge < -0.3 is 10.4 Å². The van der Waals surface area contributed by atoms with Crippen LogP contribution in [0.1, 0.15) is 16.6 Å². The van der Waals surface area contributed by atoms with E-state index in [0.29, 0.717) is 13.1 Å². The molecular formula is C12H16N2O5S3. The number of carbonyl (C=O) groups excluding carboxylic acids is 1. The van der Waals surface area contributed by atoms with E-state index < -0.39 is 27.9 Å². The van der Waals surface area contributed by atoms with Gasteiger partial charge in [0.2, 0.25) is 10.0 Å². The van der Waals surface area contributed by atoms with Crippen LogP contribution in [0.5, 0.6) is 0 Å². The quantitative estimate of drug-likeness (QED) is 0.797. The van der Waals surface area contributed by atoms with Gasteiger partial charge in [0.05, 0.1) is 0 Å². The number of carbonyl (C=O) groups is 2. The van der Waals surface area contributed by atoms with Crippen molar-refractivity contribution in [3.05, 3.63) is 16.3 Å². The van der Waals surface area contributed by atoms with Crippen LogP contribution in [0, 0.1) is 0 Å².